The van der Waals surface area contributed by atoms with Crippen molar-refractivity contribution in [2.45, 2.75) is 12.5 Å². The Bertz CT molecular complexity index is 387. The van der Waals surface area contributed by atoms with Gasteiger partial charge in [0.25, 0.3) is 0 Å². The van der Waals surface area contributed by atoms with Crippen molar-refractivity contribution < 1.29 is 4.79 Å². The van der Waals surface area contributed by atoms with E-state index in [1.807, 2.05) is 24.3 Å². The minimum atomic E-state index is 0.100. The molecular formula is C11H10BrNO. The monoisotopic (exact) mass is 251 g/mol. The van der Waals surface area contributed by atoms with Crippen LogP contribution < -0.4 is 5.32 Å². The van der Waals surface area contributed by atoms with Crippen molar-refractivity contribution in [2.75, 3.05) is 0 Å². The summed E-state index contributed by atoms with van der Waals surface area (Å²) in [6, 6.07) is 8.05. The predicted octanol–water partition coefficient (Wildman–Crippen LogP) is 2.57. The molecule has 1 aromatic carbocycles. The molecule has 1 aliphatic heterocycles. The molecule has 2 rings (SSSR count). The smallest absolute Gasteiger partial charge is 0.159 e. The van der Waals surface area contributed by atoms with Gasteiger partial charge in [-0.2, -0.15) is 0 Å². The lowest BCUT2D eigenvalue weighted by Gasteiger charge is -2.20. The number of hydrogen-bond acceptors (Lipinski definition) is 2. The third kappa shape index (κ3) is 1.87. The van der Waals surface area contributed by atoms with Gasteiger partial charge in [-0.1, -0.05) is 34.1 Å². The van der Waals surface area contributed by atoms with Crippen LogP contribution in [0.4, 0.5) is 0 Å². The molecule has 1 heterocycles. The Morgan fingerprint density at radius 1 is 1.36 bits per heavy atom. The number of allylic oxidation sites excluding steroid dienone is 1. The van der Waals surface area contributed by atoms with E-state index in [9.17, 15) is 4.79 Å². The van der Waals surface area contributed by atoms with E-state index >= 15 is 0 Å². The van der Waals surface area contributed by atoms with Gasteiger partial charge in [-0.05, 0) is 17.7 Å². The topological polar surface area (TPSA) is 29.1 Å². The Morgan fingerprint density at radius 2 is 2.14 bits per heavy atom. The molecule has 1 unspecified atom stereocenters. The third-order valence-electron chi connectivity index (χ3n) is 2.25. The van der Waals surface area contributed by atoms with Gasteiger partial charge in [0.05, 0.1) is 6.04 Å². The molecule has 1 atom stereocenters. The minimum absolute atomic E-state index is 0.100. The molecule has 14 heavy (non-hydrogen) atoms. The van der Waals surface area contributed by atoms with E-state index in [0.717, 1.165) is 10.0 Å². The third-order valence-corrected chi connectivity index (χ3v) is 2.97. The Hall–Kier alpha value is -1.09. The first kappa shape index (κ1) is 9.46. The fraction of sp³-hybridized carbons (Fsp3) is 0.182. The molecule has 0 aliphatic carbocycles. The molecule has 0 saturated heterocycles. The summed E-state index contributed by atoms with van der Waals surface area (Å²) >= 11 is 3.48. The summed E-state index contributed by atoms with van der Waals surface area (Å²) in [5.41, 5.74) is 1.13. The van der Waals surface area contributed by atoms with Gasteiger partial charge >= 0.3 is 0 Å². The van der Waals surface area contributed by atoms with Crippen molar-refractivity contribution in [3.8, 4) is 0 Å². The quantitative estimate of drug-likeness (QED) is 0.832. The molecule has 0 saturated carbocycles. The van der Waals surface area contributed by atoms with E-state index in [4.69, 9.17) is 0 Å². The zero-order valence-corrected chi connectivity index (χ0v) is 9.12. The number of benzene rings is 1. The van der Waals surface area contributed by atoms with Gasteiger partial charge in [-0.25, -0.2) is 0 Å². The maximum atomic E-state index is 11.2. The normalized spacial score (nSPS) is 20.6. The number of carbonyl (C=O) groups excluding carboxylic acids is 1. The highest BCUT2D eigenvalue weighted by molar-refractivity contribution is 9.10. The SMILES string of the molecule is O=C1C=CNC(c2ccccc2Br)C1. The number of hydrogen-bond donors (Lipinski definition) is 1. The highest BCUT2D eigenvalue weighted by Gasteiger charge is 2.18. The number of nitrogens with one attached hydrogen (secondary N) is 1. The molecule has 0 fully saturated rings. The molecule has 0 amide bonds. The molecule has 0 spiro atoms. The summed E-state index contributed by atoms with van der Waals surface area (Å²) in [5, 5.41) is 3.18. The fourth-order valence-corrected chi connectivity index (χ4v) is 2.10. The van der Waals surface area contributed by atoms with Crippen molar-refractivity contribution in [3.05, 3.63) is 46.6 Å². The maximum absolute atomic E-state index is 11.2. The van der Waals surface area contributed by atoms with Gasteiger partial charge in [-0.3, -0.25) is 4.79 Å². The first-order valence-corrected chi connectivity index (χ1v) is 5.26. The highest BCUT2D eigenvalue weighted by atomic mass is 79.9. The van der Waals surface area contributed by atoms with E-state index < -0.39 is 0 Å². The molecule has 2 nitrogen and oxygen atoms in total. The Balaban J connectivity index is 2.28. The summed E-state index contributed by atoms with van der Waals surface area (Å²) in [4.78, 5) is 11.2. The van der Waals surface area contributed by atoms with Crippen LogP contribution in [0, 0.1) is 0 Å². The van der Waals surface area contributed by atoms with Crippen LogP contribution in [0.1, 0.15) is 18.0 Å². The Labute approximate surface area is 91.1 Å². The highest BCUT2D eigenvalue weighted by Crippen LogP contribution is 2.26. The van der Waals surface area contributed by atoms with Crippen LogP contribution in [0.15, 0.2) is 41.0 Å². The zero-order chi connectivity index (χ0) is 9.97. The van der Waals surface area contributed by atoms with Crippen molar-refractivity contribution in [1.82, 2.24) is 5.32 Å². The van der Waals surface area contributed by atoms with Crippen LogP contribution in [0.3, 0.4) is 0 Å². The van der Waals surface area contributed by atoms with Crippen molar-refractivity contribution >= 4 is 21.7 Å². The van der Waals surface area contributed by atoms with E-state index in [2.05, 4.69) is 21.2 Å². The van der Waals surface area contributed by atoms with Crippen LogP contribution in [0.5, 0.6) is 0 Å². The Morgan fingerprint density at radius 3 is 2.86 bits per heavy atom. The summed E-state index contributed by atoms with van der Waals surface area (Å²) in [6.45, 7) is 0. The maximum Gasteiger partial charge on any atom is 0.159 e. The second-order valence-corrected chi connectivity index (χ2v) is 4.10. The van der Waals surface area contributed by atoms with Gasteiger partial charge in [0.2, 0.25) is 0 Å². The van der Waals surface area contributed by atoms with Gasteiger partial charge in [0, 0.05) is 17.1 Å². The lowest BCUT2D eigenvalue weighted by Crippen LogP contribution is -2.23. The molecule has 1 aromatic rings. The summed E-state index contributed by atoms with van der Waals surface area (Å²) in [7, 11) is 0. The van der Waals surface area contributed by atoms with Crippen LogP contribution in [0.25, 0.3) is 0 Å². The van der Waals surface area contributed by atoms with Crippen molar-refractivity contribution in [2.24, 2.45) is 0 Å². The predicted molar refractivity (Wildman–Crippen MR) is 58.8 cm³/mol. The second kappa shape index (κ2) is 3.96. The number of carbonyl (C=O) groups is 1. The van der Waals surface area contributed by atoms with Crippen LogP contribution in [-0.2, 0) is 4.79 Å². The van der Waals surface area contributed by atoms with Crippen LogP contribution in [-0.4, -0.2) is 5.78 Å². The number of rotatable bonds is 1. The van der Waals surface area contributed by atoms with Crippen molar-refractivity contribution in [3.63, 3.8) is 0 Å². The first-order chi connectivity index (χ1) is 6.77. The van der Waals surface area contributed by atoms with E-state index in [0.29, 0.717) is 6.42 Å². The van der Waals surface area contributed by atoms with E-state index in [-0.39, 0.29) is 11.8 Å². The first-order valence-electron chi connectivity index (χ1n) is 4.47. The van der Waals surface area contributed by atoms with Crippen LogP contribution in [0.2, 0.25) is 0 Å². The number of ketones is 1. The van der Waals surface area contributed by atoms with Crippen molar-refractivity contribution in [1.29, 1.82) is 0 Å². The molecule has 0 radical (unpaired) electrons. The van der Waals surface area contributed by atoms with Gasteiger partial charge in [0.1, 0.15) is 0 Å². The molecule has 0 bridgehead atoms. The minimum Gasteiger partial charge on any atom is -0.383 e. The summed E-state index contributed by atoms with van der Waals surface area (Å²) < 4.78 is 1.04. The van der Waals surface area contributed by atoms with E-state index in [1.165, 1.54) is 0 Å². The van der Waals surface area contributed by atoms with E-state index in [1.54, 1.807) is 12.3 Å². The summed E-state index contributed by atoms with van der Waals surface area (Å²) in [6.07, 6.45) is 3.82. The molecule has 0 aromatic heterocycles. The molecule has 3 heteroatoms. The average Bonchev–Trinajstić information content (AvgIpc) is 2.18. The molecule has 72 valence electrons. The zero-order valence-electron chi connectivity index (χ0n) is 7.53. The number of halogens is 1. The lowest BCUT2D eigenvalue weighted by molar-refractivity contribution is -0.115. The molecule has 1 aliphatic rings. The summed E-state index contributed by atoms with van der Waals surface area (Å²) in [5.74, 6) is 0.171. The standard InChI is InChI=1S/C11H10BrNO/c12-10-4-2-1-3-9(10)11-7-8(14)5-6-13-11/h1-6,11,13H,7H2. The fourth-order valence-electron chi connectivity index (χ4n) is 1.54. The van der Waals surface area contributed by atoms with Gasteiger partial charge in [-0.15, -0.1) is 0 Å². The van der Waals surface area contributed by atoms with Crippen LogP contribution >= 0.6 is 15.9 Å². The average molecular weight is 252 g/mol. The lowest BCUT2D eigenvalue weighted by atomic mass is 9.99. The molecular weight excluding hydrogens is 242 g/mol. The van der Waals surface area contributed by atoms with Gasteiger partial charge < -0.3 is 5.32 Å². The second-order valence-electron chi connectivity index (χ2n) is 3.24. The molecule has 1 N–H and O–H groups in total. The largest absolute Gasteiger partial charge is 0.383 e. The van der Waals surface area contributed by atoms with Gasteiger partial charge in [0.15, 0.2) is 5.78 Å². The Kier molecular flexibility index (Phi) is 2.68.